The van der Waals surface area contributed by atoms with Crippen LogP contribution in [0.4, 0.5) is 0 Å². The summed E-state index contributed by atoms with van der Waals surface area (Å²) in [4.78, 5) is 5.12. The molecule has 0 saturated heterocycles. The van der Waals surface area contributed by atoms with E-state index in [9.17, 15) is 0 Å². The molecule has 6 nitrogen and oxygen atoms in total. The van der Waals surface area contributed by atoms with Gasteiger partial charge in [-0.1, -0.05) is 81.4 Å². The van der Waals surface area contributed by atoms with Crippen molar-refractivity contribution in [3.05, 3.63) is 231 Å². The van der Waals surface area contributed by atoms with Gasteiger partial charge in [0.25, 0.3) is 0 Å². The number of ether oxygens (including phenoxy) is 2. The maximum absolute atomic E-state index is 6.88. The fourth-order valence-corrected chi connectivity index (χ4v) is 12.6. The third kappa shape index (κ3) is 7.08. The number of fused-ring (bicyclic) bond motifs is 13. The molecule has 13 rings (SSSR count). The van der Waals surface area contributed by atoms with Crippen LogP contribution in [0.5, 0.6) is 23.0 Å². The maximum atomic E-state index is 6.88. The number of hydrogen-bond acceptors (Lipinski definition) is 3. The van der Waals surface area contributed by atoms with Gasteiger partial charge in [0.15, 0.2) is 0 Å². The molecule has 0 radical (unpaired) electrons. The number of rotatable bonds is 5. The first-order valence-corrected chi connectivity index (χ1v) is 26.7. The first kappa shape index (κ1) is 46.3. The fraction of sp³-hybridized carbons (Fsp3) is 0.194. The molecule has 2 aliphatic rings. The van der Waals surface area contributed by atoms with Crippen LogP contribution in [0.25, 0.3) is 61.2 Å². The average Bonchev–Trinajstić information content (AvgIpc) is 4.09. The number of aromatic nitrogens is 4. The van der Waals surface area contributed by atoms with Gasteiger partial charge in [-0.05, 0) is 51.4 Å². The Kier molecular flexibility index (Phi) is 10.3. The van der Waals surface area contributed by atoms with Crippen molar-refractivity contribution in [2.45, 2.75) is 84.0 Å². The van der Waals surface area contributed by atoms with Crippen molar-refractivity contribution in [1.29, 1.82) is 0 Å². The van der Waals surface area contributed by atoms with Gasteiger partial charge in [0, 0.05) is 17.3 Å². The molecule has 8 aromatic carbocycles. The van der Waals surface area contributed by atoms with E-state index in [0.717, 1.165) is 76.5 Å². The molecule has 0 atom stereocenters. The summed E-state index contributed by atoms with van der Waals surface area (Å²) in [5, 5.41) is 2.17. The molecular formula is C67H56N4O2Pt-2. The van der Waals surface area contributed by atoms with Crippen LogP contribution in [0.1, 0.15) is 101 Å². The van der Waals surface area contributed by atoms with Crippen LogP contribution in [-0.2, 0) is 41.0 Å². The van der Waals surface area contributed by atoms with E-state index in [2.05, 4.69) is 259 Å². The van der Waals surface area contributed by atoms with Crippen molar-refractivity contribution in [2.75, 3.05) is 0 Å². The third-order valence-electron chi connectivity index (χ3n) is 15.3. The van der Waals surface area contributed by atoms with Crippen LogP contribution in [0.3, 0.4) is 0 Å². The van der Waals surface area contributed by atoms with Gasteiger partial charge in [0.2, 0.25) is 0 Å². The van der Waals surface area contributed by atoms with E-state index in [1.54, 1.807) is 0 Å². The summed E-state index contributed by atoms with van der Waals surface area (Å²) in [6, 6.07) is 68.7. The van der Waals surface area contributed by atoms with Gasteiger partial charge in [0.05, 0.1) is 5.41 Å². The van der Waals surface area contributed by atoms with E-state index in [4.69, 9.17) is 14.5 Å². The summed E-state index contributed by atoms with van der Waals surface area (Å²) in [6.45, 7) is 20.5. The molecule has 0 saturated carbocycles. The van der Waals surface area contributed by atoms with Crippen LogP contribution < -0.4 is 9.47 Å². The van der Waals surface area contributed by atoms with E-state index in [1.165, 1.54) is 38.9 Å². The van der Waals surface area contributed by atoms with Gasteiger partial charge < -0.3 is 4.74 Å². The zero-order chi connectivity index (χ0) is 51.1. The van der Waals surface area contributed by atoms with Crippen molar-refractivity contribution in [1.82, 2.24) is 18.7 Å². The minimum absolute atomic E-state index is 0.0267. The Morgan fingerprint density at radius 1 is 0.486 bits per heavy atom. The Bertz CT molecular complexity index is 4110. The number of benzene rings is 8. The molecule has 0 N–H and O–H groups in total. The Labute approximate surface area is 443 Å². The molecule has 3 aromatic heterocycles. The minimum atomic E-state index is -0.625. The molecule has 74 heavy (non-hydrogen) atoms. The number of pyridine rings is 1. The van der Waals surface area contributed by atoms with Gasteiger partial charge in [0.1, 0.15) is 11.5 Å². The predicted molar refractivity (Wildman–Crippen MR) is 296 cm³/mol. The Morgan fingerprint density at radius 3 is 1.77 bits per heavy atom. The first-order valence-electron chi connectivity index (χ1n) is 25.5. The van der Waals surface area contributed by atoms with Crippen LogP contribution in [0, 0.1) is 15.9 Å². The van der Waals surface area contributed by atoms with Crippen LogP contribution >= 0.6 is 0 Å². The quantitative estimate of drug-likeness (QED) is 0.161. The predicted octanol–water partition coefficient (Wildman–Crippen LogP) is 16.7. The van der Waals surface area contributed by atoms with Crippen molar-refractivity contribution >= 4 is 32.8 Å². The second-order valence-corrected chi connectivity index (χ2v) is 24.1. The monoisotopic (exact) mass is 1140 g/mol. The summed E-state index contributed by atoms with van der Waals surface area (Å²) < 4.78 is 21.6. The van der Waals surface area contributed by atoms with E-state index in [0.29, 0.717) is 11.5 Å². The summed E-state index contributed by atoms with van der Waals surface area (Å²) in [5.74, 6) is 3.73. The van der Waals surface area contributed by atoms with E-state index in [1.807, 2.05) is 24.4 Å². The van der Waals surface area contributed by atoms with Crippen molar-refractivity contribution in [2.24, 2.45) is 0 Å². The molecule has 11 aromatic rings. The van der Waals surface area contributed by atoms with Crippen LogP contribution in [0.15, 0.2) is 176 Å². The van der Waals surface area contributed by atoms with E-state index < -0.39 is 5.41 Å². The zero-order valence-electron chi connectivity index (χ0n) is 43.2. The molecule has 4 heterocycles. The number of hydrogen-bond donors (Lipinski definition) is 0. The topological polar surface area (TPSA) is 46.1 Å². The molecule has 0 unspecified atom stereocenters. The number of para-hydroxylation sites is 4. The molecule has 7 heteroatoms. The van der Waals surface area contributed by atoms with Crippen molar-refractivity contribution in [3.63, 3.8) is 0 Å². The van der Waals surface area contributed by atoms with Crippen molar-refractivity contribution < 1.29 is 28.8 Å². The molecular weight excluding hydrogens is 1090 g/mol. The Balaban J connectivity index is 0.986. The average molecular weight is 1140 g/mol. The second-order valence-electron chi connectivity index (χ2n) is 23.0. The van der Waals surface area contributed by atoms with Crippen molar-refractivity contribution in [3.8, 4) is 51.3 Å². The SMILES string of the molecule is CC(C)(C)c1cc(-n2[c](=[Pt])n(-c3[c-]c(Oc4[c-]c5c(cc4)c4cc6c(cc4n5-c4cc(C(C)(C)C)ccn4)C4(c5ccccc5Oc5ccccc54)c4ccccc4-6)ccc3)c3ccccc32)cc(C(C)(C)C)c1. The first-order chi connectivity index (χ1) is 35.5. The van der Waals surface area contributed by atoms with E-state index >= 15 is 0 Å². The molecule has 0 amide bonds. The fourth-order valence-electron chi connectivity index (χ4n) is 11.5. The molecule has 0 fully saturated rings. The Hall–Kier alpha value is -7.53. The number of nitrogens with zero attached hydrogens (tertiary/aromatic N) is 4. The normalized spacial score (nSPS) is 13.8. The van der Waals surface area contributed by atoms with Crippen LogP contribution in [0.2, 0.25) is 0 Å². The van der Waals surface area contributed by atoms with Gasteiger partial charge >= 0.3 is 275 Å². The Morgan fingerprint density at radius 2 is 1.09 bits per heavy atom. The zero-order valence-corrected chi connectivity index (χ0v) is 45.4. The van der Waals surface area contributed by atoms with Crippen LogP contribution in [-0.4, -0.2) is 18.7 Å². The summed E-state index contributed by atoms with van der Waals surface area (Å²) >= 11 is 2.48. The molecule has 1 aliphatic heterocycles. The van der Waals surface area contributed by atoms with Gasteiger partial charge in [-0.15, -0.1) is 0 Å². The molecule has 0 bridgehead atoms. The molecule has 1 aliphatic carbocycles. The standard InChI is InChI=1S/C67H56N4O2.Pt/c1-64(2,3)42-31-32-68-63(36-42)71-59-38-48(72-47-20-18-19-45(37-47)69-41-70(58-26-15-14-25-57(58)69)46-34-43(65(4,5)6)33-44(35-46)66(7,8)9)29-30-50(59)52-39-51-49-21-10-11-22-53(49)67(56(51)40-60(52)71)54-23-12-16-27-61(54)73-62-28-17-13-24-55(62)67;/h10-36,39-40H,1-9H3;/q-2;. The summed E-state index contributed by atoms with van der Waals surface area (Å²) in [5.41, 5.74) is 16.3. The number of imidazole rings is 1. The molecule has 368 valence electrons. The van der Waals surface area contributed by atoms with Gasteiger partial charge in [-0.25, -0.2) is 0 Å². The molecule has 1 spiro atoms. The third-order valence-corrected chi connectivity index (χ3v) is 16.3. The summed E-state index contributed by atoms with van der Waals surface area (Å²) in [6.07, 6.45) is 1.94. The second kappa shape index (κ2) is 16.5. The van der Waals surface area contributed by atoms with E-state index in [-0.39, 0.29) is 16.2 Å². The van der Waals surface area contributed by atoms with Gasteiger partial charge in [-0.3, -0.25) is 0 Å². The summed E-state index contributed by atoms with van der Waals surface area (Å²) in [7, 11) is 0. The van der Waals surface area contributed by atoms with Gasteiger partial charge in [-0.2, -0.15) is 0 Å².